The van der Waals surface area contributed by atoms with Crippen LogP contribution in [0.25, 0.3) is 0 Å². The predicted octanol–water partition coefficient (Wildman–Crippen LogP) is 1.07. The van der Waals surface area contributed by atoms with Crippen molar-refractivity contribution in [1.29, 1.82) is 0 Å². The van der Waals surface area contributed by atoms with Crippen LogP contribution in [0, 0.1) is 5.92 Å². The molecule has 1 aliphatic rings. The molecule has 3 N–H and O–H groups in total. The molecule has 10 heteroatoms. The molecule has 7 nitrogen and oxygen atoms in total. The number of sulfonamides is 1. The zero-order chi connectivity index (χ0) is 16.9. The minimum atomic E-state index is -4.48. The Hall–Kier alpha value is -1.81. The fraction of sp³-hybridized carbons (Fsp3) is 0.538. The molecule has 1 fully saturated rings. The number of piperidine rings is 1. The summed E-state index contributed by atoms with van der Waals surface area (Å²) in [5.74, 6) is -2.46. The molecule has 2 heterocycles. The number of hydrogen-bond donors (Lipinski definition) is 2. The fourth-order valence-electron chi connectivity index (χ4n) is 2.29. The van der Waals surface area contributed by atoms with Crippen molar-refractivity contribution in [3.63, 3.8) is 0 Å². The van der Waals surface area contributed by atoms with Crippen molar-refractivity contribution in [2.24, 2.45) is 16.6 Å². The predicted molar refractivity (Wildman–Crippen MR) is 83.6 cm³/mol. The summed E-state index contributed by atoms with van der Waals surface area (Å²) in [6, 6.07) is 5.33. The number of nitrogens with one attached hydrogen (secondary N) is 1. The lowest BCUT2D eigenvalue weighted by Gasteiger charge is -2.30. The summed E-state index contributed by atoms with van der Waals surface area (Å²) in [7, 11) is -4.48. The van der Waals surface area contributed by atoms with Crippen LogP contribution in [0.2, 0.25) is 0 Å². The lowest BCUT2D eigenvalue weighted by molar-refractivity contribution is 0.205. The molecule has 1 aliphatic heterocycles. The Balaban J connectivity index is 1.81. The van der Waals surface area contributed by atoms with Gasteiger partial charge in [0.25, 0.3) is 10.0 Å². The molecule has 1 saturated heterocycles. The Bertz CT molecular complexity index is 631. The van der Waals surface area contributed by atoms with Gasteiger partial charge in [-0.3, -0.25) is 4.99 Å². The number of aliphatic imine (C=N–C) groups is 1. The number of nitrogens with zero attached hydrogens (tertiary/aromatic N) is 3. The Morgan fingerprint density at radius 2 is 2.13 bits per heavy atom. The minimum Gasteiger partial charge on any atom is -0.370 e. The smallest absolute Gasteiger partial charge is 0.350 e. The first-order chi connectivity index (χ1) is 10.9. The summed E-state index contributed by atoms with van der Waals surface area (Å²) in [6.07, 6.45) is 2.58. The van der Waals surface area contributed by atoms with Crippen molar-refractivity contribution >= 4 is 21.8 Å². The minimum absolute atomic E-state index is 0.0838. The van der Waals surface area contributed by atoms with Crippen molar-refractivity contribution < 1.29 is 17.2 Å². The number of pyridine rings is 1. The van der Waals surface area contributed by atoms with Gasteiger partial charge in [0.1, 0.15) is 5.82 Å². The highest BCUT2D eigenvalue weighted by atomic mass is 32.2. The third kappa shape index (κ3) is 4.83. The maximum atomic E-state index is 12.5. The summed E-state index contributed by atoms with van der Waals surface area (Å²) in [5.41, 5.74) is 5.75. The Morgan fingerprint density at radius 1 is 1.43 bits per heavy atom. The largest absolute Gasteiger partial charge is 0.370 e. The second kappa shape index (κ2) is 7.64. The summed E-state index contributed by atoms with van der Waals surface area (Å²) in [4.78, 5) is 8.24. The average Bonchev–Trinajstić information content (AvgIpc) is 2.54. The molecule has 1 aromatic rings. The van der Waals surface area contributed by atoms with Gasteiger partial charge in [0, 0.05) is 25.8 Å². The van der Waals surface area contributed by atoms with Crippen LogP contribution in [0.1, 0.15) is 12.8 Å². The first-order valence-corrected chi connectivity index (χ1v) is 8.65. The highest BCUT2D eigenvalue weighted by Crippen LogP contribution is 2.22. The van der Waals surface area contributed by atoms with Crippen LogP contribution in [0.15, 0.2) is 29.4 Å². The molecule has 0 unspecified atom stereocenters. The van der Waals surface area contributed by atoms with Crippen LogP contribution in [-0.4, -0.2) is 49.1 Å². The van der Waals surface area contributed by atoms with Crippen LogP contribution in [0.4, 0.5) is 14.6 Å². The summed E-state index contributed by atoms with van der Waals surface area (Å²) in [6.45, 7) is 0.578. The van der Waals surface area contributed by atoms with E-state index in [-0.39, 0.29) is 25.0 Å². The second-order valence-corrected chi connectivity index (χ2v) is 7.12. The van der Waals surface area contributed by atoms with Gasteiger partial charge in [-0.2, -0.15) is 13.1 Å². The first-order valence-electron chi connectivity index (χ1n) is 7.14. The highest BCUT2D eigenvalue weighted by Gasteiger charge is 2.34. The van der Waals surface area contributed by atoms with Gasteiger partial charge in [0.15, 0.2) is 5.96 Å². The SMILES string of the molecule is NC(=NCC1CCN(S(=O)(=O)C(F)F)CC1)Nc1ccccn1. The molecule has 0 aromatic carbocycles. The lowest BCUT2D eigenvalue weighted by Crippen LogP contribution is -2.41. The van der Waals surface area contributed by atoms with E-state index in [2.05, 4.69) is 15.3 Å². The zero-order valence-corrected chi connectivity index (χ0v) is 13.2. The van der Waals surface area contributed by atoms with E-state index in [1.54, 1.807) is 18.3 Å². The van der Waals surface area contributed by atoms with Crippen LogP contribution >= 0.6 is 0 Å². The molecular formula is C13H19F2N5O2S. The Labute approximate surface area is 133 Å². The molecule has 2 rings (SSSR count). The number of hydrogen-bond acceptors (Lipinski definition) is 4. The van der Waals surface area contributed by atoms with Gasteiger partial charge in [-0.05, 0) is 30.9 Å². The lowest BCUT2D eigenvalue weighted by atomic mass is 9.98. The van der Waals surface area contributed by atoms with Gasteiger partial charge >= 0.3 is 5.76 Å². The number of rotatable bonds is 5. The van der Waals surface area contributed by atoms with Gasteiger partial charge in [0.2, 0.25) is 0 Å². The molecule has 23 heavy (non-hydrogen) atoms. The normalized spacial score (nSPS) is 18.3. The van der Waals surface area contributed by atoms with Crippen molar-refractivity contribution in [2.45, 2.75) is 18.6 Å². The van der Waals surface area contributed by atoms with Gasteiger partial charge in [0.05, 0.1) is 0 Å². The molecule has 0 saturated carbocycles. The van der Waals surface area contributed by atoms with Crippen LogP contribution in [0.5, 0.6) is 0 Å². The van der Waals surface area contributed by atoms with Crippen molar-refractivity contribution in [1.82, 2.24) is 9.29 Å². The number of aromatic nitrogens is 1. The molecule has 1 aromatic heterocycles. The average molecular weight is 347 g/mol. The molecule has 0 aliphatic carbocycles. The molecule has 0 bridgehead atoms. The third-order valence-corrected chi connectivity index (χ3v) is 5.13. The van der Waals surface area contributed by atoms with E-state index in [1.807, 2.05) is 6.07 Å². The molecule has 0 spiro atoms. The zero-order valence-electron chi connectivity index (χ0n) is 12.4. The highest BCUT2D eigenvalue weighted by molar-refractivity contribution is 7.89. The maximum Gasteiger partial charge on any atom is 0.350 e. The Morgan fingerprint density at radius 3 is 2.70 bits per heavy atom. The molecule has 0 atom stereocenters. The standard InChI is InChI=1S/C13H19F2N5O2S/c14-12(15)23(21,22)20-7-4-10(5-8-20)9-18-13(16)19-11-3-1-2-6-17-11/h1-3,6,10,12H,4-5,7-9H2,(H3,16,17,18,19). The number of nitrogens with two attached hydrogens (primary N) is 1. The molecule has 0 amide bonds. The topological polar surface area (TPSA) is 101 Å². The van der Waals surface area contributed by atoms with E-state index in [9.17, 15) is 17.2 Å². The van der Waals surface area contributed by atoms with E-state index >= 15 is 0 Å². The number of halogens is 2. The molecular weight excluding hydrogens is 328 g/mol. The van der Waals surface area contributed by atoms with E-state index in [0.29, 0.717) is 25.2 Å². The number of alkyl halides is 2. The van der Waals surface area contributed by atoms with Crippen molar-refractivity contribution in [2.75, 3.05) is 25.0 Å². The maximum absolute atomic E-state index is 12.5. The monoisotopic (exact) mass is 347 g/mol. The Kier molecular flexibility index (Phi) is 5.83. The summed E-state index contributed by atoms with van der Waals surface area (Å²) < 4.78 is 48.5. The quantitative estimate of drug-likeness (QED) is 0.613. The van der Waals surface area contributed by atoms with Gasteiger partial charge < -0.3 is 11.1 Å². The summed E-state index contributed by atoms with van der Waals surface area (Å²) >= 11 is 0. The number of anilines is 1. The van der Waals surface area contributed by atoms with Crippen LogP contribution in [-0.2, 0) is 10.0 Å². The van der Waals surface area contributed by atoms with Crippen molar-refractivity contribution in [3.8, 4) is 0 Å². The van der Waals surface area contributed by atoms with Gasteiger partial charge in [-0.25, -0.2) is 13.4 Å². The van der Waals surface area contributed by atoms with Gasteiger partial charge in [-0.1, -0.05) is 6.07 Å². The van der Waals surface area contributed by atoms with Gasteiger partial charge in [-0.15, -0.1) is 0 Å². The van der Waals surface area contributed by atoms with E-state index in [0.717, 1.165) is 4.31 Å². The first kappa shape index (κ1) is 17.5. The van der Waals surface area contributed by atoms with Crippen LogP contribution < -0.4 is 11.1 Å². The second-order valence-electron chi connectivity index (χ2n) is 5.21. The third-order valence-electron chi connectivity index (χ3n) is 3.60. The van der Waals surface area contributed by atoms with E-state index < -0.39 is 15.8 Å². The summed E-state index contributed by atoms with van der Waals surface area (Å²) in [5, 5.41) is 2.84. The molecule has 0 radical (unpaired) electrons. The van der Waals surface area contributed by atoms with Crippen LogP contribution in [0.3, 0.4) is 0 Å². The number of guanidine groups is 1. The fourth-order valence-corrected chi connectivity index (χ4v) is 3.24. The molecule has 128 valence electrons. The van der Waals surface area contributed by atoms with E-state index in [1.165, 1.54) is 0 Å². The van der Waals surface area contributed by atoms with E-state index in [4.69, 9.17) is 5.73 Å². The van der Waals surface area contributed by atoms with Crippen molar-refractivity contribution in [3.05, 3.63) is 24.4 Å².